The molecule has 2 heterocycles. The van der Waals surface area contributed by atoms with Crippen LogP contribution in [0.1, 0.15) is 17.5 Å². The zero-order valence-corrected chi connectivity index (χ0v) is 14.9. The highest BCUT2D eigenvalue weighted by molar-refractivity contribution is 6.32. The summed E-state index contributed by atoms with van der Waals surface area (Å²) in [4.78, 5) is 20.7. The van der Waals surface area contributed by atoms with Gasteiger partial charge in [-0.15, -0.1) is 0 Å². The summed E-state index contributed by atoms with van der Waals surface area (Å²) in [6.45, 7) is 0. The molecule has 0 unspecified atom stereocenters. The first kappa shape index (κ1) is 18.2. The molecule has 1 aliphatic rings. The number of fused-ring (bicyclic) bond motifs is 1. The number of nitrogens with one attached hydrogen (secondary N) is 1. The fraction of sp³-hybridized carbons (Fsp3) is 0.105. The van der Waals surface area contributed by atoms with E-state index in [0.29, 0.717) is 11.3 Å². The average molecular weight is 405 g/mol. The van der Waals surface area contributed by atoms with Crippen molar-refractivity contribution in [2.75, 3.05) is 5.32 Å². The minimum Gasteiger partial charge on any atom is -0.324 e. The number of benzene rings is 2. The molecule has 0 aliphatic carbocycles. The molecule has 1 aromatic heterocycles. The number of halogens is 4. The maximum Gasteiger partial charge on any atom is 0.417 e. The third kappa shape index (κ3) is 3.50. The molecule has 2 aromatic carbocycles. The van der Waals surface area contributed by atoms with E-state index in [0.717, 1.165) is 17.8 Å². The van der Waals surface area contributed by atoms with Crippen molar-refractivity contribution < 1.29 is 18.0 Å². The number of imidazole rings is 1. The fourth-order valence-electron chi connectivity index (χ4n) is 2.93. The van der Waals surface area contributed by atoms with E-state index in [2.05, 4.69) is 15.3 Å². The van der Waals surface area contributed by atoms with Gasteiger partial charge in [0, 0.05) is 18.1 Å². The van der Waals surface area contributed by atoms with Gasteiger partial charge in [0.2, 0.25) is 5.91 Å². The predicted octanol–water partition coefficient (Wildman–Crippen LogP) is 5.01. The Kier molecular flexibility index (Phi) is 4.43. The number of aromatic nitrogens is 2. The Morgan fingerprint density at radius 1 is 1.18 bits per heavy atom. The summed E-state index contributed by atoms with van der Waals surface area (Å²) < 4.78 is 41.1. The normalized spacial score (nSPS) is 14.1. The number of hydrogen-bond acceptors (Lipinski definition) is 3. The van der Waals surface area contributed by atoms with Crippen molar-refractivity contribution in [2.45, 2.75) is 12.6 Å². The van der Waals surface area contributed by atoms with Crippen LogP contribution in [0.5, 0.6) is 0 Å². The quantitative estimate of drug-likeness (QED) is 0.653. The van der Waals surface area contributed by atoms with Crippen LogP contribution in [-0.4, -0.2) is 21.2 Å². The molecular formula is C19H12ClF3N4O. The first-order valence-electron chi connectivity index (χ1n) is 8.18. The highest BCUT2D eigenvalue weighted by atomic mass is 35.5. The summed E-state index contributed by atoms with van der Waals surface area (Å²) in [6.07, 6.45) is 0.332. The van der Waals surface area contributed by atoms with E-state index in [9.17, 15) is 18.0 Å². The molecule has 142 valence electrons. The number of anilines is 1. The minimum atomic E-state index is -4.63. The van der Waals surface area contributed by atoms with Crippen molar-refractivity contribution in [1.82, 2.24) is 9.55 Å². The number of carbonyl (C=O) groups excluding carboxylic acids is 1. The molecule has 0 atom stereocenters. The van der Waals surface area contributed by atoms with Crippen LogP contribution in [0.25, 0.3) is 5.69 Å². The van der Waals surface area contributed by atoms with Crippen LogP contribution in [0.15, 0.2) is 60.1 Å². The minimum absolute atomic E-state index is 0.0255. The second kappa shape index (κ2) is 6.79. The molecule has 9 heteroatoms. The summed E-state index contributed by atoms with van der Waals surface area (Å²) in [7, 11) is 0. The van der Waals surface area contributed by atoms with Gasteiger partial charge >= 0.3 is 6.18 Å². The molecule has 0 radical (unpaired) electrons. The Morgan fingerprint density at radius 3 is 2.71 bits per heavy atom. The maximum atomic E-state index is 13.1. The number of rotatable bonds is 2. The third-order valence-corrected chi connectivity index (χ3v) is 4.54. The van der Waals surface area contributed by atoms with E-state index in [-0.39, 0.29) is 17.8 Å². The van der Waals surface area contributed by atoms with E-state index in [1.54, 1.807) is 35.4 Å². The smallest absolute Gasteiger partial charge is 0.324 e. The summed E-state index contributed by atoms with van der Waals surface area (Å²) in [5.74, 6) is -0.457. The molecule has 1 N–H and O–H groups in total. The van der Waals surface area contributed by atoms with Crippen molar-refractivity contribution in [1.29, 1.82) is 0 Å². The molecule has 1 aliphatic heterocycles. The molecule has 0 bridgehead atoms. The van der Waals surface area contributed by atoms with Gasteiger partial charge in [0.1, 0.15) is 0 Å². The largest absolute Gasteiger partial charge is 0.417 e. The first-order chi connectivity index (χ1) is 13.3. The van der Waals surface area contributed by atoms with Gasteiger partial charge in [0.05, 0.1) is 40.4 Å². The van der Waals surface area contributed by atoms with Crippen LogP contribution in [0, 0.1) is 0 Å². The van der Waals surface area contributed by atoms with Crippen molar-refractivity contribution >= 4 is 34.6 Å². The lowest BCUT2D eigenvalue weighted by molar-refractivity contribution is -0.137. The third-order valence-electron chi connectivity index (χ3n) is 4.23. The number of amides is 1. The lowest BCUT2D eigenvalue weighted by Gasteiger charge is -2.12. The number of aliphatic imine (C=N–C) groups is 1. The highest BCUT2D eigenvalue weighted by Crippen LogP contribution is 2.41. The van der Waals surface area contributed by atoms with Crippen LogP contribution >= 0.6 is 11.6 Å². The van der Waals surface area contributed by atoms with E-state index in [4.69, 9.17) is 11.6 Å². The molecule has 28 heavy (non-hydrogen) atoms. The molecule has 0 saturated carbocycles. The van der Waals surface area contributed by atoms with E-state index in [1.165, 1.54) is 0 Å². The number of hydrogen-bond donors (Lipinski definition) is 1. The lowest BCUT2D eigenvalue weighted by atomic mass is 10.1. The molecular weight excluding hydrogens is 393 g/mol. The zero-order chi connectivity index (χ0) is 19.9. The Hall–Kier alpha value is -3.13. The second-order valence-corrected chi connectivity index (χ2v) is 6.56. The fourth-order valence-corrected chi connectivity index (χ4v) is 3.19. The van der Waals surface area contributed by atoms with Crippen LogP contribution in [0.2, 0.25) is 5.02 Å². The predicted molar refractivity (Wildman–Crippen MR) is 99.5 cm³/mol. The SMILES string of the molecule is O=C1CC(c2cccc(-n3ccnc3)c2)=Nc2cc(Cl)c(C(F)(F)F)cc2N1. The van der Waals surface area contributed by atoms with Gasteiger partial charge in [-0.25, -0.2) is 4.98 Å². The average Bonchev–Trinajstić information content (AvgIpc) is 3.11. The summed E-state index contributed by atoms with van der Waals surface area (Å²) in [5, 5.41) is 2.00. The van der Waals surface area contributed by atoms with E-state index in [1.807, 2.05) is 12.1 Å². The lowest BCUT2D eigenvalue weighted by Crippen LogP contribution is -2.15. The molecule has 4 rings (SSSR count). The topological polar surface area (TPSA) is 59.3 Å². The molecule has 0 saturated heterocycles. The molecule has 1 amide bonds. The van der Waals surface area contributed by atoms with Crippen molar-refractivity contribution in [3.63, 3.8) is 0 Å². The Bertz CT molecular complexity index is 1090. The van der Waals surface area contributed by atoms with Gasteiger partial charge in [-0.2, -0.15) is 13.2 Å². The van der Waals surface area contributed by atoms with Gasteiger partial charge in [-0.1, -0.05) is 23.7 Å². The van der Waals surface area contributed by atoms with E-state index < -0.39 is 22.7 Å². The molecule has 0 fully saturated rings. The zero-order valence-electron chi connectivity index (χ0n) is 14.2. The van der Waals surface area contributed by atoms with Crippen molar-refractivity contribution in [3.05, 3.63) is 71.3 Å². The van der Waals surface area contributed by atoms with Crippen LogP contribution < -0.4 is 5.32 Å². The molecule has 0 spiro atoms. The van der Waals surface area contributed by atoms with Crippen LogP contribution in [0.4, 0.5) is 24.5 Å². The monoisotopic (exact) mass is 404 g/mol. The van der Waals surface area contributed by atoms with Gasteiger partial charge in [0.25, 0.3) is 0 Å². The second-order valence-electron chi connectivity index (χ2n) is 6.15. The number of carbonyl (C=O) groups is 1. The van der Waals surface area contributed by atoms with E-state index >= 15 is 0 Å². The van der Waals surface area contributed by atoms with Gasteiger partial charge in [-0.3, -0.25) is 9.79 Å². The first-order valence-corrected chi connectivity index (χ1v) is 8.56. The Labute approximate surface area is 162 Å². The van der Waals surface area contributed by atoms with Gasteiger partial charge in [0.15, 0.2) is 0 Å². The Morgan fingerprint density at radius 2 is 2.00 bits per heavy atom. The van der Waals surface area contributed by atoms with Crippen molar-refractivity contribution in [2.24, 2.45) is 4.99 Å². The Balaban J connectivity index is 1.80. The summed E-state index contributed by atoms with van der Waals surface area (Å²) in [5.41, 5.74) is 1.04. The molecule has 3 aromatic rings. The summed E-state index contributed by atoms with van der Waals surface area (Å²) >= 11 is 5.81. The van der Waals surface area contributed by atoms with Crippen LogP contribution in [0.3, 0.4) is 0 Å². The summed E-state index contributed by atoms with van der Waals surface area (Å²) in [6, 6.07) is 9.20. The molecule has 5 nitrogen and oxygen atoms in total. The standard InChI is InChI=1S/C19H12ClF3N4O/c20-14-8-17-16(7-13(14)19(21,22)23)26-18(28)9-15(25-17)11-2-1-3-12(6-11)27-5-4-24-10-27/h1-8,10H,9H2,(H,26,28). The highest BCUT2D eigenvalue weighted by Gasteiger charge is 2.34. The van der Waals surface area contributed by atoms with Gasteiger partial charge < -0.3 is 9.88 Å². The number of nitrogens with zero attached hydrogens (tertiary/aromatic N) is 3. The van der Waals surface area contributed by atoms with Crippen molar-refractivity contribution in [3.8, 4) is 5.69 Å². The van der Waals surface area contributed by atoms with Gasteiger partial charge in [-0.05, 0) is 29.8 Å². The van der Waals surface area contributed by atoms with Crippen LogP contribution in [-0.2, 0) is 11.0 Å². The number of alkyl halides is 3. The maximum absolute atomic E-state index is 13.1.